The van der Waals surface area contributed by atoms with Crippen LogP contribution in [0.5, 0.6) is 0 Å². The molecular weight excluding hydrogens is 422 g/mol. The van der Waals surface area contributed by atoms with E-state index in [9.17, 15) is 0 Å². The largest absolute Gasteiger partial charge is 0.364 e. The maximum absolute atomic E-state index is 5.15. The zero-order valence-corrected chi connectivity index (χ0v) is 19.4. The van der Waals surface area contributed by atoms with Gasteiger partial charge in [0, 0.05) is 55.6 Å². The highest BCUT2D eigenvalue weighted by Crippen LogP contribution is 2.44. The molecule has 2 N–H and O–H groups in total. The van der Waals surface area contributed by atoms with E-state index in [1.165, 1.54) is 29.4 Å². The first-order valence-electron chi connectivity index (χ1n) is 12.2. The smallest absolute Gasteiger partial charge is 0.162 e. The summed E-state index contributed by atoms with van der Waals surface area (Å²) in [6, 6.07) is 14.6. The van der Waals surface area contributed by atoms with Gasteiger partial charge < -0.3 is 15.5 Å². The number of anilines is 2. The van der Waals surface area contributed by atoms with Gasteiger partial charge in [-0.15, -0.1) is 0 Å². The molecule has 7 nitrogen and oxygen atoms in total. The lowest BCUT2D eigenvalue weighted by atomic mass is 10.1. The first-order chi connectivity index (χ1) is 16.8. The van der Waals surface area contributed by atoms with E-state index >= 15 is 0 Å². The maximum Gasteiger partial charge on any atom is 0.162 e. The Morgan fingerprint density at radius 3 is 2.65 bits per heavy atom. The van der Waals surface area contributed by atoms with Crippen LogP contribution in [0, 0.1) is 0 Å². The molecule has 0 radical (unpaired) electrons. The van der Waals surface area contributed by atoms with E-state index < -0.39 is 0 Å². The molecule has 7 heteroatoms. The summed E-state index contributed by atoms with van der Waals surface area (Å²) in [4.78, 5) is 21.6. The molecule has 1 atom stereocenters. The molecule has 6 rings (SSSR count). The molecule has 1 aliphatic carbocycles. The number of nitrogens with one attached hydrogen (secondary N) is 2. The lowest BCUT2D eigenvalue weighted by molar-refractivity contribution is 0.586. The third kappa shape index (κ3) is 4.19. The van der Waals surface area contributed by atoms with Crippen molar-refractivity contribution in [2.24, 2.45) is 0 Å². The minimum absolute atomic E-state index is 0.142. The molecule has 0 bridgehead atoms. The average Bonchev–Trinajstić information content (AvgIpc) is 3.74. The fourth-order valence-corrected chi connectivity index (χ4v) is 4.72. The van der Waals surface area contributed by atoms with Crippen molar-refractivity contribution in [3.05, 3.63) is 72.2 Å². The molecule has 1 saturated carbocycles. The molecule has 172 valence electrons. The summed E-state index contributed by atoms with van der Waals surface area (Å²) < 4.78 is 0. The van der Waals surface area contributed by atoms with E-state index in [0.717, 1.165) is 48.9 Å². The highest BCUT2D eigenvalue weighted by atomic mass is 15.2. The molecule has 0 unspecified atom stereocenters. The molecule has 3 aromatic heterocycles. The predicted molar refractivity (Wildman–Crippen MR) is 136 cm³/mol. The standard InChI is InChI=1S/C27H29N7/c1-18(19-5-3-2-4-6-19)31-24-15-21(9-10-30-24)26-32-23-17-29-16-22(20-7-8-20)25(23)27(33-26)34-13-11-28-12-14-34/h2-6,9-10,15-18,20,28H,7-8,11-14H2,1H3,(H,30,31)/t18-/m1/s1. The van der Waals surface area contributed by atoms with Gasteiger partial charge in [0.1, 0.15) is 11.6 Å². The topological polar surface area (TPSA) is 78.9 Å². The number of pyridine rings is 2. The van der Waals surface area contributed by atoms with Crippen LogP contribution in [-0.4, -0.2) is 46.1 Å². The summed E-state index contributed by atoms with van der Waals surface area (Å²) in [5, 5.41) is 8.15. The molecule has 1 aromatic carbocycles. The van der Waals surface area contributed by atoms with Crippen molar-refractivity contribution in [1.29, 1.82) is 0 Å². The average molecular weight is 452 g/mol. The first-order valence-corrected chi connectivity index (χ1v) is 12.2. The van der Waals surface area contributed by atoms with E-state index in [0.29, 0.717) is 11.7 Å². The van der Waals surface area contributed by atoms with Gasteiger partial charge in [0.2, 0.25) is 0 Å². The van der Waals surface area contributed by atoms with Gasteiger partial charge >= 0.3 is 0 Å². The molecular formula is C27H29N7. The lowest BCUT2D eigenvalue weighted by Crippen LogP contribution is -2.44. The summed E-state index contributed by atoms with van der Waals surface area (Å²) >= 11 is 0. The Hall–Kier alpha value is -3.58. The summed E-state index contributed by atoms with van der Waals surface area (Å²) in [6.45, 7) is 5.95. The van der Waals surface area contributed by atoms with Crippen molar-refractivity contribution < 1.29 is 0 Å². The van der Waals surface area contributed by atoms with Crippen LogP contribution in [0.3, 0.4) is 0 Å². The minimum Gasteiger partial charge on any atom is -0.364 e. The third-order valence-electron chi connectivity index (χ3n) is 6.73. The van der Waals surface area contributed by atoms with Gasteiger partial charge in [-0.2, -0.15) is 0 Å². The van der Waals surface area contributed by atoms with Crippen LogP contribution in [-0.2, 0) is 0 Å². The summed E-state index contributed by atoms with van der Waals surface area (Å²) in [6.07, 6.45) is 8.18. The van der Waals surface area contributed by atoms with Gasteiger partial charge in [-0.3, -0.25) is 4.98 Å². The second-order valence-electron chi connectivity index (χ2n) is 9.21. The van der Waals surface area contributed by atoms with Crippen molar-refractivity contribution in [2.75, 3.05) is 36.4 Å². The van der Waals surface area contributed by atoms with E-state index in [4.69, 9.17) is 9.97 Å². The number of aromatic nitrogens is 4. The van der Waals surface area contributed by atoms with E-state index in [2.05, 4.69) is 56.7 Å². The van der Waals surface area contributed by atoms with Gasteiger partial charge in [0.25, 0.3) is 0 Å². The Balaban J connectivity index is 1.40. The lowest BCUT2D eigenvalue weighted by Gasteiger charge is -2.30. The van der Waals surface area contributed by atoms with Gasteiger partial charge in [-0.05, 0) is 48.9 Å². The second-order valence-corrected chi connectivity index (χ2v) is 9.21. The molecule has 2 aliphatic rings. The number of hydrogen-bond donors (Lipinski definition) is 2. The van der Waals surface area contributed by atoms with Gasteiger partial charge in [0.05, 0.1) is 11.7 Å². The van der Waals surface area contributed by atoms with E-state index in [1.54, 1.807) is 0 Å². The van der Waals surface area contributed by atoms with Gasteiger partial charge in [0.15, 0.2) is 5.82 Å². The number of benzene rings is 1. The Morgan fingerprint density at radius 1 is 1.03 bits per heavy atom. The normalized spacial score (nSPS) is 17.0. The van der Waals surface area contributed by atoms with Crippen LogP contribution in [0.15, 0.2) is 61.1 Å². The van der Waals surface area contributed by atoms with Crippen LogP contribution in [0.25, 0.3) is 22.3 Å². The maximum atomic E-state index is 5.15. The van der Waals surface area contributed by atoms with Crippen LogP contribution in [0.4, 0.5) is 11.6 Å². The SMILES string of the molecule is C[C@@H](Nc1cc(-c2nc(N3CCNCC3)c3c(C4CC4)cncc3n2)ccn1)c1ccccc1. The fourth-order valence-electron chi connectivity index (χ4n) is 4.72. The van der Waals surface area contributed by atoms with Crippen molar-refractivity contribution in [2.45, 2.75) is 31.7 Å². The molecule has 0 amide bonds. The first kappa shape index (κ1) is 21.0. The van der Waals surface area contributed by atoms with Crippen LogP contribution in [0.1, 0.15) is 42.9 Å². The van der Waals surface area contributed by atoms with Crippen LogP contribution < -0.4 is 15.5 Å². The van der Waals surface area contributed by atoms with Crippen molar-refractivity contribution in [3.63, 3.8) is 0 Å². The number of fused-ring (bicyclic) bond motifs is 1. The second kappa shape index (κ2) is 8.99. The molecule has 34 heavy (non-hydrogen) atoms. The van der Waals surface area contributed by atoms with Crippen molar-refractivity contribution in [1.82, 2.24) is 25.3 Å². The zero-order chi connectivity index (χ0) is 22.9. The van der Waals surface area contributed by atoms with Crippen LogP contribution >= 0.6 is 0 Å². The highest BCUT2D eigenvalue weighted by molar-refractivity contribution is 5.94. The molecule has 1 saturated heterocycles. The Labute approximate surface area is 199 Å². The van der Waals surface area contributed by atoms with Crippen molar-refractivity contribution in [3.8, 4) is 11.4 Å². The van der Waals surface area contributed by atoms with E-state index in [-0.39, 0.29) is 6.04 Å². The monoisotopic (exact) mass is 451 g/mol. The zero-order valence-electron chi connectivity index (χ0n) is 19.4. The molecule has 4 heterocycles. The Morgan fingerprint density at radius 2 is 1.85 bits per heavy atom. The van der Waals surface area contributed by atoms with Crippen LogP contribution in [0.2, 0.25) is 0 Å². The van der Waals surface area contributed by atoms with Gasteiger partial charge in [-0.1, -0.05) is 30.3 Å². The minimum atomic E-state index is 0.142. The van der Waals surface area contributed by atoms with Gasteiger partial charge in [-0.25, -0.2) is 15.0 Å². The number of rotatable bonds is 6. The Kier molecular flexibility index (Phi) is 5.55. The summed E-state index contributed by atoms with van der Waals surface area (Å²) in [5.41, 5.74) is 4.39. The third-order valence-corrected chi connectivity index (χ3v) is 6.73. The fraction of sp³-hybridized carbons (Fsp3) is 0.333. The quantitative estimate of drug-likeness (QED) is 0.445. The van der Waals surface area contributed by atoms with E-state index in [1.807, 2.05) is 36.8 Å². The Bertz CT molecular complexity index is 1300. The molecule has 4 aromatic rings. The number of nitrogens with zero attached hydrogens (tertiary/aromatic N) is 5. The van der Waals surface area contributed by atoms with Crippen molar-refractivity contribution >= 4 is 22.5 Å². The number of piperazine rings is 1. The highest BCUT2D eigenvalue weighted by Gasteiger charge is 2.29. The number of hydrogen-bond acceptors (Lipinski definition) is 7. The predicted octanol–water partition coefficient (Wildman–Crippen LogP) is 4.55. The molecule has 0 spiro atoms. The molecule has 2 fully saturated rings. The summed E-state index contributed by atoms with van der Waals surface area (Å²) in [7, 11) is 0. The molecule has 1 aliphatic heterocycles. The summed E-state index contributed by atoms with van der Waals surface area (Å²) in [5.74, 6) is 3.15.